The van der Waals surface area contributed by atoms with Gasteiger partial charge in [0.2, 0.25) is 10.0 Å². The van der Waals surface area contributed by atoms with Crippen molar-refractivity contribution >= 4 is 43.3 Å². The van der Waals surface area contributed by atoms with E-state index in [9.17, 15) is 8.42 Å². The van der Waals surface area contributed by atoms with Crippen molar-refractivity contribution in [2.75, 3.05) is 31.8 Å². The Morgan fingerprint density at radius 1 is 1.42 bits per heavy atom. The molecule has 1 aromatic heterocycles. The van der Waals surface area contributed by atoms with Gasteiger partial charge in [-0.15, -0.1) is 11.3 Å². The van der Waals surface area contributed by atoms with Gasteiger partial charge in [0.1, 0.15) is 0 Å². The molecule has 1 aliphatic heterocycles. The van der Waals surface area contributed by atoms with Gasteiger partial charge in [-0.05, 0) is 31.4 Å². The van der Waals surface area contributed by atoms with Crippen LogP contribution in [0.4, 0.5) is 0 Å². The minimum atomic E-state index is -3.19. The molecule has 2 heterocycles. The zero-order valence-corrected chi connectivity index (χ0v) is 16.1. The standard InChI is InChI=1S/C16H22N2O3S3/c1-21-12-13-6-4-9-18(13)24(19,20)11-5-10-22-16-17-14-7-2-3-8-15(14)23-16/h2-3,7-8,13H,4-6,9-12H2,1H3. The Morgan fingerprint density at radius 2 is 2.25 bits per heavy atom. The van der Waals surface area contributed by atoms with Gasteiger partial charge in [-0.2, -0.15) is 4.31 Å². The summed E-state index contributed by atoms with van der Waals surface area (Å²) < 4.78 is 34.0. The van der Waals surface area contributed by atoms with Crippen LogP contribution in [0, 0.1) is 0 Å². The van der Waals surface area contributed by atoms with Gasteiger partial charge in [0.05, 0.1) is 22.6 Å². The number of rotatable bonds is 8. The second kappa shape index (κ2) is 8.14. The molecule has 2 aromatic rings. The third-order valence-electron chi connectivity index (χ3n) is 4.09. The smallest absolute Gasteiger partial charge is 0.214 e. The molecule has 1 atom stereocenters. The lowest BCUT2D eigenvalue weighted by molar-refractivity contribution is 0.149. The lowest BCUT2D eigenvalue weighted by atomic mass is 10.2. The van der Waals surface area contributed by atoms with Gasteiger partial charge in [-0.1, -0.05) is 23.9 Å². The lowest BCUT2D eigenvalue weighted by Gasteiger charge is -2.23. The Kier molecular flexibility index (Phi) is 6.15. The molecule has 0 aliphatic carbocycles. The number of ether oxygens (including phenoxy) is 1. The molecule has 132 valence electrons. The Bertz CT molecular complexity index is 743. The molecule has 1 aromatic carbocycles. The molecular weight excluding hydrogens is 364 g/mol. The summed E-state index contributed by atoms with van der Waals surface area (Å²) in [4.78, 5) is 4.57. The molecule has 5 nitrogen and oxygen atoms in total. The first-order valence-corrected chi connectivity index (χ1v) is 11.5. The number of aromatic nitrogens is 1. The van der Waals surface area contributed by atoms with Crippen molar-refractivity contribution in [3.05, 3.63) is 24.3 Å². The number of methoxy groups -OCH3 is 1. The summed E-state index contributed by atoms with van der Waals surface area (Å²) in [6, 6.07) is 8.06. The van der Waals surface area contributed by atoms with E-state index in [-0.39, 0.29) is 11.8 Å². The number of thioether (sulfide) groups is 1. The number of sulfonamides is 1. The number of thiazole rings is 1. The zero-order chi connectivity index (χ0) is 17.0. The van der Waals surface area contributed by atoms with Gasteiger partial charge in [-0.3, -0.25) is 0 Å². The van der Waals surface area contributed by atoms with E-state index in [2.05, 4.69) is 11.1 Å². The van der Waals surface area contributed by atoms with Crippen LogP contribution < -0.4 is 0 Å². The predicted molar refractivity (Wildman–Crippen MR) is 100 cm³/mol. The highest BCUT2D eigenvalue weighted by Crippen LogP contribution is 2.30. The molecule has 3 rings (SSSR count). The SMILES string of the molecule is COCC1CCCN1S(=O)(=O)CCCSc1nc2ccccc2s1. The van der Waals surface area contributed by atoms with E-state index in [1.165, 1.54) is 4.70 Å². The summed E-state index contributed by atoms with van der Waals surface area (Å²) in [6.07, 6.45) is 2.46. The molecule has 8 heteroatoms. The molecular formula is C16H22N2O3S3. The average molecular weight is 387 g/mol. The lowest BCUT2D eigenvalue weighted by Crippen LogP contribution is -2.39. The van der Waals surface area contributed by atoms with E-state index < -0.39 is 10.0 Å². The van der Waals surface area contributed by atoms with Crippen molar-refractivity contribution in [3.8, 4) is 0 Å². The summed E-state index contributed by atoms with van der Waals surface area (Å²) in [5.74, 6) is 0.965. The number of benzene rings is 1. The fourth-order valence-electron chi connectivity index (χ4n) is 2.97. The normalized spacial score (nSPS) is 19.3. The minimum Gasteiger partial charge on any atom is -0.383 e. The second-order valence-electron chi connectivity index (χ2n) is 5.83. The maximum absolute atomic E-state index is 12.5. The van der Waals surface area contributed by atoms with Gasteiger partial charge in [0, 0.05) is 25.4 Å². The van der Waals surface area contributed by atoms with E-state index >= 15 is 0 Å². The van der Waals surface area contributed by atoms with Crippen LogP contribution in [-0.4, -0.2) is 55.5 Å². The molecule has 0 radical (unpaired) electrons. The van der Waals surface area contributed by atoms with Crippen LogP contribution in [0.5, 0.6) is 0 Å². The summed E-state index contributed by atoms with van der Waals surface area (Å²) in [6.45, 7) is 1.11. The van der Waals surface area contributed by atoms with E-state index in [1.807, 2.05) is 18.2 Å². The van der Waals surface area contributed by atoms with Crippen LogP contribution in [0.15, 0.2) is 28.6 Å². The molecule has 0 spiro atoms. The number of nitrogens with zero attached hydrogens (tertiary/aromatic N) is 2. The van der Waals surface area contributed by atoms with Crippen LogP contribution in [-0.2, 0) is 14.8 Å². The third kappa shape index (κ3) is 4.29. The van der Waals surface area contributed by atoms with E-state index in [1.54, 1.807) is 34.5 Å². The highest BCUT2D eigenvalue weighted by atomic mass is 32.2. The van der Waals surface area contributed by atoms with Crippen molar-refractivity contribution in [2.45, 2.75) is 29.6 Å². The summed E-state index contributed by atoms with van der Waals surface area (Å²) in [7, 11) is -1.56. The van der Waals surface area contributed by atoms with Crippen LogP contribution in [0.25, 0.3) is 10.2 Å². The first-order chi connectivity index (χ1) is 11.6. The number of hydrogen-bond donors (Lipinski definition) is 0. The summed E-state index contributed by atoms with van der Waals surface area (Å²) in [5.41, 5.74) is 1.01. The van der Waals surface area contributed by atoms with Crippen LogP contribution in [0.3, 0.4) is 0 Å². The molecule has 0 amide bonds. The third-order valence-corrected chi connectivity index (χ3v) is 8.35. The monoisotopic (exact) mass is 386 g/mol. The van der Waals surface area contributed by atoms with Crippen molar-refractivity contribution in [2.24, 2.45) is 0 Å². The molecule has 1 fully saturated rings. The Morgan fingerprint density at radius 3 is 3.04 bits per heavy atom. The molecule has 24 heavy (non-hydrogen) atoms. The van der Waals surface area contributed by atoms with Crippen LogP contribution >= 0.6 is 23.1 Å². The van der Waals surface area contributed by atoms with E-state index in [0.717, 1.165) is 28.5 Å². The van der Waals surface area contributed by atoms with Crippen molar-refractivity contribution < 1.29 is 13.2 Å². The van der Waals surface area contributed by atoms with Gasteiger partial charge in [0.15, 0.2) is 4.34 Å². The van der Waals surface area contributed by atoms with Crippen molar-refractivity contribution in [1.29, 1.82) is 0 Å². The molecule has 0 bridgehead atoms. The van der Waals surface area contributed by atoms with Crippen LogP contribution in [0.1, 0.15) is 19.3 Å². The van der Waals surface area contributed by atoms with Crippen LogP contribution in [0.2, 0.25) is 0 Å². The summed E-state index contributed by atoms with van der Waals surface area (Å²) in [5, 5.41) is 0. The molecule has 1 unspecified atom stereocenters. The molecule has 1 aliphatic rings. The molecule has 0 saturated carbocycles. The van der Waals surface area contributed by atoms with Gasteiger partial charge < -0.3 is 4.74 Å². The Hall–Kier alpha value is -0.670. The topological polar surface area (TPSA) is 59.5 Å². The predicted octanol–water partition coefficient (Wildman–Crippen LogP) is 3.22. The Balaban J connectivity index is 1.50. The fraction of sp³-hybridized carbons (Fsp3) is 0.562. The van der Waals surface area contributed by atoms with E-state index in [0.29, 0.717) is 19.6 Å². The van der Waals surface area contributed by atoms with E-state index in [4.69, 9.17) is 4.74 Å². The quantitative estimate of drug-likeness (QED) is 0.515. The number of para-hydroxylation sites is 1. The highest BCUT2D eigenvalue weighted by molar-refractivity contribution is 8.01. The first kappa shape index (κ1) is 18.1. The minimum absolute atomic E-state index is 0.0110. The van der Waals surface area contributed by atoms with Crippen molar-refractivity contribution in [1.82, 2.24) is 9.29 Å². The zero-order valence-electron chi connectivity index (χ0n) is 13.7. The van der Waals surface area contributed by atoms with Gasteiger partial charge >= 0.3 is 0 Å². The highest BCUT2D eigenvalue weighted by Gasteiger charge is 2.33. The fourth-order valence-corrected chi connectivity index (χ4v) is 7.00. The maximum atomic E-state index is 12.5. The number of fused-ring (bicyclic) bond motifs is 1. The average Bonchev–Trinajstić information content (AvgIpc) is 3.18. The molecule has 1 saturated heterocycles. The van der Waals surface area contributed by atoms with Gasteiger partial charge in [0.25, 0.3) is 0 Å². The Labute approximate surface area is 151 Å². The first-order valence-electron chi connectivity index (χ1n) is 8.07. The van der Waals surface area contributed by atoms with Gasteiger partial charge in [-0.25, -0.2) is 13.4 Å². The van der Waals surface area contributed by atoms with Crippen molar-refractivity contribution in [3.63, 3.8) is 0 Å². The number of hydrogen-bond acceptors (Lipinski definition) is 6. The largest absolute Gasteiger partial charge is 0.383 e. The maximum Gasteiger partial charge on any atom is 0.214 e. The summed E-state index contributed by atoms with van der Waals surface area (Å²) >= 11 is 3.30. The molecule has 0 N–H and O–H groups in total. The second-order valence-corrected chi connectivity index (χ2v) is 10.2.